The summed E-state index contributed by atoms with van der Waals surface area (Å²) in [7, 11) is 3.66. The van der Waals surface area contributed by atoms with E-state index in [2.05, 4.69) is 0 Å². The first-order valence-electron chi connectivity index (χ1n) is 11.1. The third kappa shape index (κ3) is 3.48. The SMILES string of the molecule is CN(C)c1ccc(C2=C(c3cc4ccccc4o3)C3C(C(F)(F)F)=C(C(F)(F)F)C2C3(C)C)cc1. The summed E-state index contributed by atoms with van der Waals surface area (Å²) in [5.41, 5.74) is -2.21. The van der Waals surface area contributed by atoms with Crippen molar-refractivity contribution in [2.75, 3.05) is 19.0 Å². The maximum Gasteiger partial charge on any atom is 0.413 e. The van der Waals surface area contributed by atoms with Gasteiger partial charge in [-0.1, -0.05) is 44.2 Å². The van der Waals surface area contributed by atoms with Crippen molar-refractivity contribution >= 4 is 27.8 Å². The zero-order valence-corrected chi connectivity index (χ0v) is 19.5. The summed E-state index contributed by atoms with van der Waals surface area (Å²) in [6.07, 6.45) is -10.3. The van der Waals surface area contributed by atoms with E-state index in [1.54, 1.807) is 54.6 Å². The van der Waals surface area contributed by atoms with Crippen LogP contribution in [-0.4, -0.2) is 26.4 Å². The number of alkyl halides is 6. The quantitative estimate of drug-likeness (QED) is 0.272. The number of para-hydroxylation sites is 1. The molecule has 1 heterocycles. The highest BCUT2D eigenvalue weighted by atomic mass is 19.4. The van der Waals surface area contributed by atoms with Crippen LogP contribution in [0, 0.1) is 17.3 Å². The minimum absolute atomic E-state index is 0.168. The number of anilines is 1. The normalized spacial score (nSPS) is 22.0. The van der Waals surface area contributed by atoms with Gasteiger partial charge in [0.2, 0.25) is 0 Å². The molecule has 0 amide bonds. The highest BCUT2D eigenvalue weighted by Gasteiger charge is 2.68. The Labute approximate surface area is 198 Å². The molecule has 2 atom stereocenters. The second-order valence-corrected chi connectivity index (χ2v) is 9.93. The summed E-state index contributed by atoms with van der Waals surface area (Å²) in [4.78, 5) is 1.84. The maximum atomic E-state index is 14.3. The molecule has 2 bridgehead atoms. The van der Waals surface area contributed by atoms with Gasteiger partial charge in [0.25, 0.3) is 0 Å². The van der Waals surface area contributed by atoms with Crippen molar-refractivity contribution in [3.05, 3.63) is 77.1 Å². The Hall–Kier alpha value is -3.16. The average Bonchev–Trinajstić information content (AvgIpc) is 3.36. The number of furan rings is 1. The van der Waals surface area contributed by atoms with Gasteiger partial charge in [0.15, 0.2) is 0 Å². The summed E-state index contributed by atoms with van der Waals surface area (Å²) < 4.78 is 91.7. The number of hydrogen-bond donors (Lipinski definition) is 0. The van der Waals surface area contributed by atoms with Gasteiger partial charge in [-0.25, -0.2) is 0 Å². The summed E-state index contributed by atoms with van der Waals surface area (Å²) in [6.45, 7) is 2.97. The van der Waals surface area contributed by atoms with Gasteiger partial charge < -0.3 is 9.32 Å². The van der Waals surface area contributed by atoms with E-state index in [-0.39, 0.29) is 16.9 Å². The minimum atomic E-state index is -5.14. The number of rotatable bonds is 3. The lowest BCUT2D eigenvalue weighted by molar-refractivity contribution is -0.117. The first-order chi connectivity index (χ1) is 16.2. The van der Waals surface area contributed by atoms with Crippen molar-refractivity contribution in [2.24, 2.45) is 17.3 Å². The number of halogens is 6. The molecule has 1 aromatic heterocycles. The van der Waals surface area contributed by atoms with Gasteiger partial charge in [0.1, 0.15) is 11.3 Å². The molecular weight excluding hydrogens is 468 g/mol. The van der Waals surface area contributed by atoms with Crippen LogP contribution in [0.5, 0.6) is 0 Å². The first-order valence-corrected chi connectivity index (χ1v) is 11.1. The Bertz CT molecular complexity index is 1340. The Kier molecular flexibility index (Phi) is 5.00. The van der Waals surface area contributed by atoms with E-state index >= 15 is 0 Å². The second kappa shape index (κ2) is 7.42. The van der Waals surface area contributed by atoms with E-state index in [0.717, 1.165) is 5.69 Å². The number of allylic oxidation sites excluding steroid dienone is 4. The zero-order valence-electron chi connectivity index (χ0n) is 19.5. The van der Waals surface area contributed by atoms with Crippen molar-refractivity contribution in [2.45, 2.75) is 26.2 Å². The van der Waals surface area contributed by atoms with Gasteiger partial charge in [-0.2, -0.15) is 26.3 Å². The lowest BCUT2D eigenvalue weighted by Crippen LogP contribution is -2.27. The molecule has 2 unspecified atom stereocenters. The van der Waals surface area contributed by atoms with Crippen molar-refractivity contribution in [1.82, 2.24) is 0 Å². The molecule has 0 saturated heterocycles. The van der Waals surface area contributed by atoms with Crippen LogP contribution in [0.1, 0.15) is 25.2 Å². The molecule has 0 saturated carbocycles. The highest BCUT2D eigenvalue weighted by molar-refractivity contribution is 6.01. The van der Waals surface area contributed by atoms with Crippen LogP contribution in [0.3, 0.4) is 0 Å². The van der Waals surface area contributed by atoms with Crippen molar-refractivity contribution < 1.29 is 30.8 Å². The van der Waals surface area contributed by atoms with Gasteiger partial charge in [-0.3, -0.25) is 0 Å². The molecule has 184 valence electrons. The predicted octanol–water partition coefficient (Wildman–Crippen LogP) is 8.12. The van der Waals surface area contributed by atoms with E-state index in [4.69, 9.17) is 4.42 Å². The van der Waals surface area contributed by atoms with Crippen LogP contribution < -0.4 is 4.90 Å². The van der Waals surface area contributed by atoms with E-state index < -0.39 is 40.7 Å². The van der Waals surface area contributed by atoms with E-state index in [1.807, 2.05) is 19.0 Å². The number of nitrogens with zero attached hydrogens (tertiary/aromatic N) is 1. The fourth-order valence-electron chi connectivity index (χ4n) is 5.85. The second-order valence-electron chi connectivity index (χ2n) is 9.93. The van der Waals surface area contributed by atoms with E-state index in [9.17, 15) is 26.3 Å². The third-order valence-electron chi connectivity index (χ3n) is 7.22. The van der Waals surface area contributed by atoms with Crippen molar-refractivity contribution in [1.29, 1.82) is 0 Å². The molecule has 8 heteroatoms. The van der Waals surface area contributed by atoms with Gasteiger partial charge in [-0.15, -0.1) is 0 Å². The van der Waals surface area contributed by atoms with Gasteiger partial charge in [0, 0.05) is 48.2 Å². The van der Waals surface area contributed by atoms with Gasteiger partial charge in [0.05, 0.1) is 5.57 Å². The van der Waals surface area contributed by atoms with Crippen LogP contribution in [0.2, 0.25) is 0 Å². The number of fused-ring (bicyclic) bond motifs is 3. The average molecular weight is 491 g/mol. The molecule has 2 aliphatic rings. The van der Waals surface area contributed by atoms with Crippen LogP contribution in [0.15, 0.2) is 70.2 Å². The molecular formula is C27H23F6NO. The van der Waals surface area contributed by atoms with Crippen LogP contribution in [0.25, 0.3) is 22.1 Å². The molecule has 35 heavy (non-hydrogen) atoms. The van der Waals surface area contributed by atoms with Crippen molar-refractivity contribution in [3.8, 4) is 0 Å². The lowest BCUT2D eigenvalue weighted by Gasteiger charge is -2.29. The monoisotopic (exact) mass is 491 g/mol. The summed E-state index contributed by atoms with van der Waals surface area (Å²) >= 11 is 0. The van der Waals surface area contributed by atoms with Crippen LogP contribution in [-0.2, 0) is 0 Å². The zero-order chi connectivity index (χ0) is 25.5. The molecule has 2 aromatic carbocycles. The fourth-order valence-corrected chi connectivity index (χ4v) is 5.85. The minimum Gasteiger partial charge on any atom is -0.456 e. The molecule has 2 nitrogen and oxygen atoms in total. The smallest absolute Gasteiger partial charge is 0.413 e. The fraction of sp³-hybridized carbons (Fsp3) is 0.333. The molecule has 5 rings (SSSR count). The van der Waals surface area contributed by atoms with Crippen LogP contribution >= 0.6 is 0 Å². The van der Waals surface area contributed by atoms with E-state index in [0.29, 0.717) is 16.5 Å². The Morgan fingerprint density at radius 1 is 0.771 bits per heavy atom. The maximum absolute atomic E-state index is 14.3. The molecule has 0 aliphatic heterocycles. The summed E-state index contributed by atoms with van der Waals surface area (Å²) in [5.74, 6) is -2.84. The Morgan fingerprint density at radius 2 is 1.31 bits per heavy atom. The largest absolute Gasteiger partial charge is 0.456 e. The van der Waals surface area contributed by atoms with Gasteiger partial charge in [-0.05, 0) is 40.8 Å². The molecule has 0 fully saturated rings. The van der Waals surface area contributed by atoms with Crippen LogP contribution in [0.4, 0.5) is 32.0 Å². The Balaban J connectivity index is 1.83. The molecule has 0 radical (unpaired) electrons. The molecule has 3 aromatic rings. The highest BCUT2D eigenvalue weighted by Crippen LogP contribution is 2.71. The standard InChI is InChI=1S/C27H23F6NO/c1-25(2)21-19(14-9-11-16(12-10-14)34(3)4)20(18-13-15-7-5-6-8-17(15)35-18)22(25)24(27(31,32)33)23(21)26(28,29)30/h5-13,21-22H,1-4H3. The van der Waals surface area contributed by atoms with E-state index in [1.165, 1.54) is 13.8 Å². The third-order valence-corrected chi connectivity index (χ3v) is 7.22. The lowest BCUT2D eigenvalue weighted by atomic mass is 9.74. The Morgan fingerprint density at radius 3 is 1.83 bits per heavy atom. The molecule has 0 spiro atoms. The van der Waals surface area contributed by atoms with Gasteiger partial charge >= 0.3 is 12.4 Å². The predicted molar refractivity (Wildman–Crippen MR) is 124 cm³/mol. The number of hydrogen-bond acceptors (Lipinski definition) is 2. The topological polar surface area (TPSA) is 16.4 Å². The summed E-state index contributed by atoms with van der Waals surface area (Å²) in [5, 5.41) is 0.673. The first kappa shape index (κ1) is 23.6. The van der Waals surface area contributed by atoms with Crippen molar-refractivity contribution in [3.63, 3.8) is 0 Å². The molecule has 2 aliphatic carbocycles. The molecule has 0 N–H and O–H groups in total. The number of benzene rings is 2. The summed E-state index contributed by atoms with van der Waals surface area (Å²) in [6, 6.07) is 15.4.